The summed E-state index contributed by atoms with van der Waals surface area (Å²) in [5, 5.41) is 1.09. The Morgan fingerprint density at radius 2 is 1.55 bits per heavy atom. The van der Waals surface area contributed by atoms with Crippen LogP contribution in [0, 0.1) is 0 Å². The molecule has 1 radical (unpaired) electrons. The summed E-state index contributed by atoms with van der Waals surface area (Å²) < 4.78 is 0. The maximum atomic E-state index is 9.63. The van der Waals surface area contributed by atoms with Crippen LogP contribution in [-0.4, -0.2) is 42.7 Å². The van der Waals surface area contributed by atoms with Gasteiger partial charge in [-0.15, -0.1) is 0 Å². The van der Waals surface area contributed by atoms with Gasteiger partial charge in [-0.05, 0) is 18.3 Å². The van der Waals surface area contributed by atoms with Gasteiger partial charge in [-0.2, -0.15) is 0 Å². The monoisotopic (exact) mass is 175 g/mol. The molecular formula is C8H12NaOSi. The van der Waals surface area contributed by atoms with E-state index in [1.165, 1.54) is 0 Å². The Morgan fingerprint density at radius 1 is 1.09 bits per heavy atom. The third-order valence-corrected chi connectivity index (χ3v) is 3.23. The largest absolute Gasteiger partial charge is 0.428 e. The van der Waals surface area contributed by atoms with Crippen molar-refractivity contribution in [3.05, 3.63) is 30.3 Å². The van der Waals surface area contributed by atoms with Crippen molar-refractivity contribution in [2.75, 3.05) is 0 Å². The molecule has 0 atom stereocenters. The molecule has 3 heteroatoms. The van der Waals surface area contributed by atoms with E-state index in [1.807, 2.05) is 43.4 Å². The number of hydrogen-bond donors (Lipinski definition) is 1. The minimum atomic E-state index is -2.03. The third kappa shape index (κ3) is 3.54. The fourth-order valence-corrected chi connectivity index (χ4v) is 1.85. The standard InChI is InChI=1S/C8H12OSi.Na/c1-10(2,9)8-6-4-3-5-7-8;/h3-7,9H,1-2H3;. The van der Waals surface area contributed by atoms with Crippen LogP contribution in [0.5, 0.6) is 0 Å². The summed E-state index contributed by atoms with van der Waals surface area (Å²) in [5.41, 5.74) is 0. The minimum absolute atomic E-state index is 0. The number of rotatable bonds is 1. The molecule has 1 nitrogen and oxygen atoms in total. The molecule has 0 heterocycles. The predicted molar refractivity (Wildman–Crippen MR) is 51.5 cm³/mol. The first-order valence-corrected chi connectivity index (χ1v) is 6.33. The van der Waals surface area contributed by atoms with Crippen molar-refractivity contribution in [3.8, 4) is 0 Å². The summed E-state index contributed by atoms with van der Waals surface area (Å²) in [6.45, 7) is 3.84. The molecule has 0 aromatic heterocycles. The van der Waals surface area contributed by atoms with E-state index in [2.05, 4.69) is 0 Å². The van der Waals surface area contributed by atoms with Crippen molar-refractivity contribution < 1.29 is 4.80 Å². The quantitative estimate of drug-likeness (QED) is 0.623. The van der Waals surface area contributed by atoms with Crippen LogP contribution in [0.15, 0.2) is 30.3 Å². The second-order valence-electron chi connectivity index (χ2n) is 2.93. The Morgan fingerprint density at radius 3 is 1.82 bits per heavy atom. The van der Waals surface area contributed by atoms with Crippen LogP contribution in [0.4, 0.5) is 0 Å². The molecule has 0 saturated heterocycles. The van der Waals surface area contributed by atoms with Crippen LogP contribution in [0.3, 0.4) is 0 Å². The van der Waals surface area contributed by atoms with Crippen molar-refractivity contribution in [3.63, 3.8) is 0 Å². The molecule has 0 bridgehead atoms. The maximum absolute atomic E-state index is 9.63. The van der Waals surface area contributed by atoms with Gasteiger partial charge in [-0.3, -0.25) is 0 Å². The van der Waals surface area contributed by atoms with Gasteiger partial charge < -0.3 is 4.80 Å². The van der Waals surface area contributed by atoms with Crippen LogP contribution in [-0.2, 0) is 0 Å². The smallest absolute Gasteiger partial charge is 0.213 e. The zero-order chi connectivity index (χ0) is 7.61. The van der Waals surface area contributed by atoms with E-state index < -0.39 is 8.32 Å². The van der Waals surface area contributed by atoms with Gasteiger partial charge in [0.25, 0.3) is 0 Å². The van der Waals surface area contributed by atoms with Crippen molar-refractivity contribution >= 4 is 43.1 Å². The van der Waals surface area contributed by atoms with Crippen LogP contribution >= 0.6 is 0 Å². The minimum Gasteiger partial charge on any atom is -0.428 e. The first-order valence-electron chi connectivity index (χ1n) is 3.38. The molecule has 1 N–H and O–H groups in total. The number of benzene rings is 1. The van der Waals surface area contributed by atoms with Gasteiger partial charge in [0.05, 0.1) is 0 Å². The summed E-state index contributed by atoms with van der Waals surface area (Å²) >= 11 is 0. The Labute approximate surface area is 90.9 Å². The summed E-state index contributed by atoms with van der Waals surface area (Å²) in [6, 6.07) is 9.84. The summed E-state index contributed by atoms with van der Waals surface area (Å²) in [6.07, 6.45) is 0. The van der Waals surface area contributed by atoms with Crippen molar-refractivity contribution in [1.82, 2.24) is 0 Å². The van der Waals surface area contributed by atoms with E-state index in [4.69, 9.17) is 0 Å². The first-order chi connectivity index (χ1) is 4.61. The van der Waals surface area contributed by atoms with E-state index in [0.29, 0.717) is 0 Å². The average Bonchev–Trinajstić information content (AvgIpc) is 1.88. The molecule has 0 fully saturated rings. The van der Waals surface area contributed by atoms with Crippen molar-refractivity contribution in [2.45, 2.75) is 13.1 Å². The van der Waals surface area contributed by atoms with E-state index in [1.54, 1.807) is 0 Å². The molecule has 0 saturated carbocycles. The van der Waals surface area contributed by atoms with Crippen LogP contribution in [0.2, 0.25) is 13.1 Å². The number of hydrogen-bond acceptors (Lipinski definition) is 1. The fourth-order valence-electron chi connectivity index (χ4n) is 0.846. The summed E-state index contributed by atoms with van der Waals surface area (Å²) in [5.74, 6) is 0. The Bertz CT molecular complexity index is 205. The molecule has 55 valence electrons. The van der Waals surface area contributed by atoms with Crippen LogP contribution in [0.1, 0.15) is 0 Å². The maximum Gasteiger partial charge on any atom is 0.213 e. The third-order valence-electron chi connectivity index (χ3n) is 1.48. The van der Waals surface area contributed by atoms with Gasteiger partial charge >= 0.3 is 0 Å². The Hall–Kier alpha value is 0.397. The molecule has 1 rings (SSSR count). The molecule has 1 aromatic rings. The molecule has 0 aliphatic carbocycles. The average molecular weight is 175 g/mol. The second-order valence-corrected chi connectivity index (χ2v) is 6.62. The molecule has 0 unspecified atom stereocenters. The van der Waals surface area contributed by atoms with Gasteiger partial charge in [0, 0.05) is 29.6 Å². The molecule has 1 aromatic carbocycles. The van der Waals surface area contributed by atoms with E-state index in [-0.39, 0.29) is 29.6 Å². The van der Waals surface area contributed by atoms with Crippen molar-refractivity contribution in [1.29, 1.82) is 0 Å². The molecule has 0 spiro atoms. The molecule has 0 aliphatic rings. The topological polar surface area (TPSA) is 20.2 Å². The Balaban J connectivity index is 0.000001000. The van der Waals surface area contributed by atoms with Gasteiger partial charge in [0.15, 0.2) is 0 Å². The fraction of sp³-hybridized carbons (Fsp3) is 0.250. The van der Waals surface area contributed by atoms with Crippen LogP contribution in [0.25, 0.3) is 0 Å². The molecular weight excluding hydrogens is 163 g/mol. The SMILES string of the molecule is C[Si](C)(O)c1ccccc1.[Na]. The summed E-state index contributed by atoms with van der Waals surface area (Å²) in [7, 11) is -2.03. The molecule has 11 heavy (non-hydrogen) atoms. The predicted octanol–water partition coefficient (Wildman–Crippen LogP) is 0.710. The normalized spacial score (nSPS) is 10.5. The Kier molecular flexibility index (Phi) is 4.59. The van der Waals surface area contributed by atoms with Gasteiger partial charge in [-0.1, -0.05) is 30.3 Å². The zero-order valence-electron chi connectivity index (χ0n) is 7.33. The zero-order valence-corrected chi connectivity index (χ0v) is 10.3. The first kappa shape index (κ1) is 11.4. The van der Waals surface area contributed by atoms with Gasteiger partial charge in [0.2, 0.25) is 8.32 Å². The molecule has 0 amide bonds. The van der Waals surface area contributed by atoms with Crippen molar-refractivity contribution in [2.24, 2.45) is 0 Å². The van der Waals surface area contributed by atoms with Gasteiger partial charge in [-0.25, -0.2) is 0 Å². The summed E-state index contributed by atoms with van der Waals surface area (Å²) in [4.78, 5) is 9.63. The second kappa shape index (κ2) is 4.43. The van der Waals surface area contributed by atoms with E-state index in [9.17, 15) is 4.80 Å². The van der Waals surface area contributed by atoms with E-state index in [0.717, 1.165) is 5.19 Å². The van der Waals surface area contributed by atoms with Crippen LogP contribution < -0.4 is 5.19 Å². The van der Waals surface area contributed by atoms with E-state index >= 15 is 0 Å². The molecule has 0 aliphatic heterocycles. The van der Waals surface area contributed by atoms with Gasteiger partial charge in [0.1, 0.15) is 0 Å².